The summed E-state index contributed by atoms with van der Waals surface area (Å²) in [5.41, 5.74) is -0.506. The topological polar surface area (TPSA) is 104 Å². The van der Waals surface area contributed by atoms with Crippen LogP contribution in [0.1, 0.15) is 6.42 Å². The maximum Gasteiger partial charge on any atom is 0.306 e. The van der Waals surface area contributed by atoms with E-state index in [0.29, 0.717) is 0 Å². The number of allylic oxidation sites excluding steroid dienone is 1. The summed E-state index contributed by atoms with van der Waals surface area (Å²) in [5, 5.41) is 36.9. The van der Waals surface area contributed by atoms with Gasteiger partial charge in [-0.15, -0.1) is 0 Å². The predicted octanol–water partition coefficient (Wildman–Crippen LogP) is -0.327. The Labute approximate surface area is 67.2 Å². The van der Waals surface area contributed by atoms with Crippen LogP contribution in [0.5, 0.6) is 0 Å². The molecule has 0 heterocycles. The SMILES string of the molecule is O=[N+]([O-])C1=C(O)CC(O)(O)C=C1. The quantitative estimate of drug-likeness (QED) is 0.286. The highest BCUT2D eigenvalue weighted by atomic mass is 16.6. The number of aliphatic hydroxyl groups excluding tert-OH is 1. The van der Waals surface area contributed by atoms with E-state index in [1.165, 1.54) is 0 Å². The van der Waals surface area contributed by atoms with Crippen LogP contribution in [0.15, 0.2) is 23.6 Å². The van der Waals surface area contributed by atoms with Crippen molar-refractivity contribution >= 4 is 0 Å². The first-order valence-electron chi connectivity index (χ1n) is 3.13. The summed E-state index contributed by atoms with van der Waals surface area (Å²) in [6, 6.07) is 0. The van der Waals surface area contributed by atoms with E-state index in [9.17, 15) is 10.1 Å². The van der Waals surface area contributed by atoms with Crippen molar-refractivity contribution < 1.29 is 20.2 Å². The number of rotatable bonds is 1. The number of aliphatic hydroxyl groups is 3. The Bertz CT molecular complexity index is 278. The fourth-order valence-electron chi connectivity index (χ4n) is 0.871. The molecular weight excluding hydrogens is 166 g/mol. The van der Waals surface area contributed by atoms with Crippen LogP contribution in [0.4, 0.5) is 0 Å². The van der Waals surface area contributed by atoms with Crippen molar-refractivity contribution in [2.24, 2.45) is 0 Å². The predicted molar refractivity (Wildman–Crippen MR) is 37.6 cm³/mol. The number of nitrogens with zero attached hydrogens (tertiary/aromatic N) is 1. The Hall–Kier alpha value is -1.40. The summed E-state index contributed by atoms with van der Waals surface area (Å²) in [5.74, 6) is -2.81. The summed E-state index contributed by atoms with van der Waals surface area (Å²) >= 11 is 0. The lowest BCUT2D eigenvalue weighted by atomic mass is 10.0. The van der Waals surface area contributed by atoms with Crippen molar-refractivity contribution in [2.75, 3.05) is 0 Å². The summed E-state index contributed by atoms with van der Waals surface area (Å²) in [6.07, 6.45) is 1.16. The fraction of sp³-hybridized carbons (Fsp3) is 0.333. The van der Waals surface area contributed by atoms with Gasteiger partial charge >= 0.3 is 5.70 Å². The molecule has 0 aromatic carbocycles. The molecule has 0 bridgehead atoms. The van der Waals surface area contributed by atoms with Gasteiger partial charge in [0.1, 0.15) is 0 Å². The molecule has 1 aliphatic carbocycles. The van der Waals surface area contributed by atoms with Crippen molar-refractivity contribution in [1.82, 2.24) is 0 Å². The minimum absolute atomic E-state index is 0.506. The van der Waals surface area contributed by atoms with Crippen LogP contribution in [0.3, 0.4) is 0 Å². The summed E-state index contributed by atoms with van der Waals surface area (Å²) in [4.78, 5) is 9.36. The zero-order chi connectivity index (χ0) is 9.35. The third-order valence-electron chi connectivity index (χ3n) is 1.43. The Morgan fingerprint density at radius 1 is 1.58 bits per heavy atom. The second-order valence-electron chi connectivity index (χ2n) is 2.48. The molecule has 0 radical (unpaired) electrons. The van der Waals surface area contributed by atoms with E-state index in [0.717, 1.165) is 12.2 Å². The molecule has 0 amide bonds. The average molecular weight is 173 g/mol. The molecule has 6 nitrogen and oxygen atoms in total. The molecular formula is C6H7NO5. The molecule has 1 rings (SSSR count). The van der Waals surface area contributed by atoms with E-state index in [-0.39, 0.29) is 0 Å². The lowest BCUT2D eigenvalue weighted by Gasteiger charge is -2.18. The Morgan fingerprint density at radius 3 is 2.58 bits per heavy atom. The second-order valence-corrected chi connectivity index (χ2v) is 2.48. The molecule has 12 heavy (non-hydrogen) atoms. The highest BCUT2D eigenvalue weighted by Gasteiger charge is 2.31. The zero-order valence-electron chi connectivity index (χ0n) is 5.97. The van der Waals surface area contributed by atoms with Crippen LogP contribution >= 0.6 is 0 Å². The smallest absolute Gasteiger partial charge is 0.306 e. The van der Waals surface area contributed by atoms with Gasteiger partial charge in [0.2, 0.25) is 0 Å². The van der Waals surface area contributed by atoms with Crippen molar-refractivity contribution in [3.05, 3.63) is 33.7 Å². The molecule has 0 aromatic rings. The van der Waals surface area contributed by atoms with Gasteiger partial charge in [-0.05, 0) is 6.08 Å². The van der Waals surface area contributed by atoms with Gasteiger partial charge in [0.15, 0.2) is 11.5 Å². The molecule has 1 aliphatic rings. The second kappa shape index (κ2) is 2.58. The molecule has 66 valence electrons. The maximum absolute atomic E-state index is 10.1. The first kappa shape index (κ1) is 8.69. The first-order valence-corrected chi connectivity index (χ1v) is 3.13. The largest absolute Gasteiger partial charge is 0.506 e. The molecule has 0 saturated carbocycles. The average Bonchev–Trinajstić information content (AvgIpc) is 1.83. The molecule has 0 atom stereocenters. The lowest BCUT2D eigenvalue weighted by molar-refractivity contribution is -0.423. The van der Waals surface area contributed by atoms with Crippen molar-refractivity contribution in [1.29, 1.82) is 0 Å². The third-order valence-corrected chi connectivity index (χ3v) is 1.43. The van der Waals surface area contributed by atoms with Gasteiger partial charge in [-0.1, -0.05) is 0 Å². The monoisotopic (exact) mass is 173 g/mol. The minimum atomic E-state index is -2.18. The molecule has 3 N–H and O–H groups in total. The minimum Gasteiger partial charge on any atom is -0.506 e. The molecule has 0 fully saturated rings. The van der Waals surface area contributed by atoms with Crippen LogP contribution in [0.2, 0.25) is 0 Å². The van der Waals surface area contributed by atoms with Crippen molar-refractivity contribution in [2.45, 2.75) is 12.2 Å². The molecule has 0 saturated heterocycles. The fourth-order valence-corrected chi connectivity index (χ4v) is 0.871. The Balaban J connectivity index is 2.95. The highest BCUT2D eigenvalue weighted by Crippen LogP contribution is 2.23. The van der Waals surface area contributed by atoms with Crippen molar-refractivity contribution in [3.8, 4) is 0 Å². The van der Waals surface area contributed by atoms with Gasteiger partial charge in [0.25, 0.3) is 0 Å². The summed E-state index contributed by atoms with van der Waals surface area (Å²) in [6.45, 7) is 0. The Morgan fingerprint density at radius 2 is 2.17 bits per heavy atom. The standard InChI is InChI=1S/C6H7NO5/c8-5-3-6(9,10)2-1-4(5)7(11)12/h1-2,8-10H,3H2. The molecule has 0 aliphatic heterocycles. The molecule has 6 heteroatoms. The van der Waals surface area contributed by atoms with E-state index < -0.39 is 28.6 Å². The number of hydrogen-bond acceptors (Lipinski definition) is 5. The van der Waals surface area contributed by atoms with Crippen LogP contribution in [0, 0.1) is 10.1 Å². The van der Waals surface area contributed by atoms with Crippen LogP contribution < -0.4 is 0 Å². The van der Waals surface area contributed by atoms with Gasteiger partial charge < -0.3 is 15.3 Å². The van der Waals surface area contributed by atoms with E-state index >= 15 is 0 Å². The van der Waals surface area contributed by atoms with Gasteiger partial charge in [-0.25, -0.2) is 0 Å². The highest BCUT2D eigenvalue weighted by molar-refractivity contribution is 5.23. The van der Waals surface area contributed by atoms with Crippen LogP contribution in [-0.4, -0.2) is 26.0 Å². The van der Waals surface area contributed by atoms with Gasteiger partial charge in [0.05, 0.1) is 11.3 Å². The lowest BCUT2D eigenvalue weighted by Crippen LogP contribution is -2.29. The molecule has 0 aromatic heterocycles. The normalized spacial score (nSPS) is 21.2. The van der Waals surface area contributed by atoms with E-state index in [1.807, 2.05) is 0 Å². The Kier molecular flexibility index (Phi) is 1.87. The number of hydrogen-bond donors (Lipinski definition) is 3. The third kappa shape index (κ3) is 1.60. The number of nitro groups is 1. The van der Waals surface area contributed by atoms with E-state index in [1.54, 1.807) is 0 Å². The zero-order valence-corrected chi connectivity index (χ0v) is 5.97. The van der Waals surface area contributed by atoms with Crippen molar-refractivity contribution in [3.63, 3.8) is 0 Å². The molecule has 0 unspecified atom stereocenters. The van der Waals surface area contributed by atoms with E-state index in [2.05, 4.69) is 0 Å². The van der Waals surface area contributed by atoms with Gasteiger partial charge in [0, 0.05) is 6.08 Å². The van der Waals surface area contributed by atoms with Crippen LogP contribution in [-0.2, 0) is 0 Å². The summed E-state index contributed by atoms with van der Waals surface area (Å²) in [7, 11) is 0. The summed E-state index contributed by atoms with van der Waals surface area (Å²) < 4.78 is 0. The maximum atomic E-state index is 10.1. The van der Waals surface area contributed by atoms with Crippen LogP contribution in [0.25, 0.3) is 0 Å². The first-order chi connectivity index (χ1) is 5.42. The van der Waals surface area contributed by atoms with Gasteiger partial charge in [-0.3, -0.25) is 10.1 Å². The van der Waals surface area contributed by atoms with E-state index in [4.69, 9.17) is 15.3 Å². The van der Waals surface area contributed by atoms with Gasteiger partial charge in [-0.2, -0.15) is 0 Å². The molecule has 0 spiro atoms.